The molecular weight excluding hydrogens is 293 g/mol. The number of benzene rings is 1. The molecule has 1 fully saturated rings. The van der Waals surface area contributed by atoms with Gasteiger partial charge in [0.15, 0.2) is 0 Å². The second kappa shape index (κ2) is 6.83. The molecule has 7 heteroatoms. The van der Waals surface area contributed by atoms with Crippen LogP contribution in [0.1, 0.15) is 25.3 Å². The Morgan fingerprint density at radius 1 is 1.48 bits per heavy atom. The minimum atomic E-state index is -3.84. The number of nitrogens with two attached hydrogens (primary N) is 1. The van der Waals surface area contributed by atoms with E-state index in [9.17, 15) is 12.8 Å². The van der Waals surface area contributed by atoms with Crippen LogP contribution in [0.3, 0.4) is 0 Å². The van der Waals surface area contributed by atoms with Crippen LogP contribution in [-0.4, -0.2) is 39.0 Å². The summed E-state index contributed by atoms with van der Waals surface area (Å²) in [4.78, 5) is 1.87. The van der Waals surface area contributed by atoms with Crippen LogP contribution in [0, 0.1) is 5.82 Å². The Hall–Kier alpha value is -1.02. The highest BCUT2D eigenvalue weighted by Gasteiger charge is 2.26. The zero-order chi connectivity index (χ0) is 15.5. The maximum absolute atomic E-state index is 13.9. The van der Waals surface area contributed by atoms with Crippen molar-refractivity contribution >= 4 is 10.0 Å². The van der Waals surface area contributed by atoms with Crippen LogP contribution in [0.25, 0.3) is 0 Å². The van der Waals surface area contributed by atoms with Crippen molar-refractivity contribution in [2.24, 2.45) is 5.73 Å². The van der Waals surface area contributed by atoms with Gasteiger partial charge in [-0.15, -0.1) is 0 Å². The fourth-order valence-electron chi connectivity index (χ4n) is 2.61. The minimum Gasteiger partial charge on any atom is -0.326 e. The molecule has 0 radical (unpaired) electrons. The number of nitrogens with one attached hydrogen (secondary N) is 1. The predicted octanol–water partition coefficient (Wildman–Crippen LogP) is 1.05. The number of piperidine rings is 1. The molecule has 1 aliphatic heterocycles. The maximum Gasteiger partial charge on any atom is 0.243 e. The third-order valence-electron chi connectivity index (χ3n) is 3.80. The van der Waals surface area contributed by atoms with Crippen molar-refractivity contribution in [1.82, 2.24) is 9.62 Å². The molecule has 1 aromatic rings. The van der Waals surface area contributed by atoms with Crippen molar-refractivity contribution in [3.05, 3.63) is 29.6 Å². The molecule has 1 saturated heterocycles. The minimum absolute atomic E-state index is 0.169. The summed E-state index contributed by atoms with van der Waals surface area (Å²) in [6.45, 7) is 4.76. The van der Waals surface area contributed by atoms with Crippen LogP contribution >= 0.6 is 0 Å². The van der Waals surface area contributed by atoms with Gasteiger partial charge in [0.2, 0.25) is 10.0 Å². The van der Waals surface area contributed by atoms with E-state index < -0.39 is 15.8 Å². The Kier molecular flexibility index (Phi) is 5.32. The normalized spacial score (nSPS) is 20.6. The number of hydrogen-bond donors (Lipinski definition) is 2. The van der Waals surface area contributed by atoms with E-state index in [1.54, 1.807) is 0 Å². The van der Waals surface area contributed by atoms with E-state index >= 15 is 0 Å². The Balaban J connectivity index is 2.14. The summed E-state index contributed by atoms with van der Waals surface area (Å²) in [5, 5.41) is 0. The topological polar surface area (TPSA) is 75.4 Å². The van der Waals surface area contributed by atoms with Crippen molar-refractivity contribution in [1.29, 1.82) is 0 Å². The highest BCUT2D eigenvalue weighted by molar-refractivity contribution is 7.89. The molecule has 2 rings (SSSR count). The van der Waals surface area contributed by atoms with Gasteiger partial charge in [-0.2, -0.15) is 0 Å². The number of nitrogens with zero attached hydrogens (tertiary/aromatic N) is 1. The van der Waals surface area contributed by atoms with Crippen LogP contribution in [0.5, 0.6) is 0 Å². The Morgan fingerprint density at radius 2 is 2.24 bits per heavy atom. The van der Waals surface area contributed by atoms with Crippen molar-refractivity contribution in [2.75, 3.05) is 19.6 Å². The van der Waals surface area contributed by atoms with Gasteiger partial charge in [0.1, 0.15) is 10.7 Å². The Bertz CT molecular complexity index is 592. The summed E-state index contributed by atoms with van der Waals surface area (Å²) in [5.74, 6) is -0.756. The van der Waals surface area contributed by atoms with Crippen LogP contribution in [0.2, 0.25) is 0 Å². The Morgan fingerprint density at radius 3 is 2.86 bits per heavy atom. The molecule has 3 N–H and O–H groups in total. The third-order valence-corrected chi connectivity index (χ3v) is 5.35. The summed E-state index contributed by atoms with van der Waals surface area (Å²) in [6, 6.07) is 3.82. The lowest BCUT2D eigenvalue weighted by Crippen LogP contribution is -2.47. The van der Waals surface area contributed by atoms with Gasteiger partial charge < -0.3 is 10.6 Å². The average molecular weight is 315 g/mol. The lowest BCUT2D eigenvalue weighted by molar-refractivity contribution is 0.211. The number of halogens is 1. The summed E-state index contributed by atoms with van der Waals surface area (Å²) < 4.78 is 41.2. The van der Waals surface area contributed by atoms with Gasteiger partial charge in [-0.05, 0) is 43.6 Å². The van der Waals surface area contributed by atoms with Gasteiger partial charge in [0.25, 0.3) is 0 Å². The molecule has 0 aromatic heterocycles. The van der Waals surface area contributed by atoms with Gasteiger partial charge in [0.05, 0.1) is 0 Å². The summed E-state index contributed by atoms with van der Waals surface area (Å²) in [7, 11) is -3.84. The smallest absolute Gasteiger partial charge is 0.243 e. The van der Waals surface area contributed by atoms with Gasteiger partial charge in [-0.25, -0.2) is 17.5 Å². The molecular formula is C14H22FN3O2S. The molecule has 1 heterocycles. The van der Waals surface area contributed by atoms with Crippen LogP contribution in [-0.2, 0) is 16.6 Å². The number of likely N-dealkylation sites (tertiary alicyclic amines) is 1. The fourth-order valence-corrected chi connectivity index (χ4v) is 3.93. The molecule has 1 unspecified atom stereocenters. The lowest BCUT2D eigenvalue weighted by Gasteiger charge is -2.32. The highest BCUT2D eigenvalue weighted by atomic mass is 32.2. The van der Waals surface area contributed by atoms with E-state index in [1.807, 2.05) is 6.92 Å². The first-order chi connectivity index (χ1) is 9.96. The molecule has 0 bridgehead atoms. The van der Waals surface area contributed by atoms with Crippen LogP contribution < -0.4 is 10.5 Å². The summed E-state index contributed by atoms with van der Waals surface area (Å²) in [5.41, 5.74) is 5.99. The molecule has 21 heavy (non-hydrogen) atoms. The SMILES string of the molecule is CCN1CCCC(NS(=O)(=O)c2ccc(CN)cc2F)C1. The fraction of sp³-hybridized carbons (Fsp3) is 0.571. The number of hydrogen-bond acceptors (Lipinski definition) is 4. The van der Waals surface area contributed by atoms with E-state index in [4.69, 9.17) is 5.73 Å². The van der Waals surface area contributed by atoms with Gasteiger partial charge in [-0.1, -0.05) is 13.0 Å². The van der Waals surface area contributed by atoms with Crippen molar-refractivity contribution in [3.63, 3.8) is 0 Å². The zero-order valence-corrected chi connectivity index (χ0v) is 13.0. The van der Waals surface area contributed by atoms with Gasteiger partial charge in [-0.3, -0.25) is 0 Å². The van der Waals surface area contributed by atoms with E-state index in [1.165, 1.54) is 18.2 Å². The molecule has 118 valence electrons. The number of sulfonamides is 1. The highest BCUT2D eigenvalue weighted by Crippen LogP contribution is 2.18. The van der Waals surface area contributed by atoms with E-state index in [0.717, 1.165) is 25.9 Å². The van der Waals surface area contributed by atoms with E-state index in [0.29, 0.717) is 12.1 Å². The molecule has 0 spiro atoms. The number of rotatable bonds is 5. The standard InChI is InChI=1S/C14H22FN3O2S/c1-2-18-7-3-4-12(10-18)17-21(19,20)14-6-5-11(9-16)8-13(14)15/h5-6,8,12,17H,2-4,7,9-10,16H2,1H3. The molecule has 1 atom stereocenters. The molecule has 0 aliphatic carbocycles. The van der Waals surface area contributed by atoms with E-state index in [-0.39, 0.29) is 17.5 Å². The van der Waals surface area contributed by atoms with Crippen molar-refractivity contribution in [3.8, 4) is 0 Å². The second-order valence-corrected chi connectivity index (χ2v) is 7.00. The van der Waals surface area contributed by atoms with Crippen molar-refractivity contribution < 1.29 is 12.8 Å². The first-order valence-electron chi connectivity index (χ1n) is 7.19. The van der Waals surface area contributed by atoms with Crippen LogP contribution in [0.4, 0.5) is 4.39 Å². The monoisotopic (exact) mass is 315 g/mol. The first-order valence-corrected chi connectivity index (χ1v) is 8.67. The molecule has 1 aromatic carbocycles. The summed E-state index contributed by atoms with van der Waals surface area (Å²) in [6.07, 6.45) is 1.72. The summed E-state index contributed by atoms with van der Waals surface area (Å²) >= 11 is 0. The maximum atomic E-state index is 13.9. The molecule has 0 saturated carbocycles. The second-order valence-electron chi connectivity index (χ2n) is 5.32. The molecule has 0 amide bonds. The van der Waals surface area contributed by atoms with Gasteiger partial charge >= 0.3 is 0 Å². The van der Waals surface area contributed by atoms with Crippen LogP contribution in [0.15, 0.2) is 23.1 Å². The van der Waals surface area contributed by atoms with Crippen molar-refractivity contribution in [2.45, 2.75) is 37.2 Å². The Labute approximate surface area is 125 Å². The quantitative estimate of drug-likeness (QED) is 0.851. The predicted molar refractivity (Wildman–Crippen MR) is 79.7 cm³/mol. The van der Waals surface area contributed by atoms with Gasteiger partial charge in [0, 0.05) is 19.1 Å². The molecule has 5 nitrogen and oxygen atoms in total. The zero-order valence-electron chi connectivity index (χ0n) is 12.2. The van der Waals surface area contributed by atoms with E-state index in [2.05, 4.69) is 9.62 Å². The largest absolute Gasteiger partial charge is 0.326 e. The average Bonchev–Trinajstić information content (AvgIpc) is 2.46. The molecule has 1 aliphatic rings. The lowest BCUT2D eigenvalue weighted by atomic mass is 10.1. The first kappa shape index (κ1) is 16.4. The third kappa shape index (κ3) is 4.00. The number of likely N-dealkylation sites (N-methyl/N-ethyl adjacent to an activating group) is 1.